The van der Waals surface area contributed by atoms with E-state index in [1.807, 2.05) is 38.1 Å². The molecule has 0 saturated heterocycles. The lowest BCUT2D eigenvalue weighted by molar-refractivity contribution is 0.117. The summed E-state index contributed by atoms with van der Waals surface area (Å²) in [7, 11) is 1.65. The van der Waals surface area contributed by atoms with Gasteiger partial charge in [-0.2, -0.15) is 0 Å². The lowest BCUT2D eigenvalue weighted by Gasteiger charge is -2.11. The van der Waals surface area contributed by atoms with E-state index < -0.39 is 0 Å². The zero-order valence-corrected chi connectivity index (χ0v) is 13.2. The highest BCUT2D eigenvalue weighted by molar-refractivity contribution is 6.37. The number of ether oxygens (including phenoxy) is 1. The normalized spacial score (nSPS) is 12.4. The fraction of sp³-hybridized carbons (Fsp3) is 0.333. The average Bonchev–Trinajstić information content (AvgIpc) is 2.37. The lowest BCUT2D eigenvalue weighted by atomic mass is 10.1. The Labute approximate surface area is 128 Å². The van der Waals surface area contributed by atoms with E-state index in [9.17, 15) is 0 Å². The molecule has 0 aliphatic heterocycles. The standard InChI is InChI=1S/C15H16Cl2N2O/c1-9-5-4-6-11(7-9)13-14(16)18-12(19-15(13)17)8-10(2)20-3/h4-7,10H,8H2,1-3H3. The van der Waals surface area contributed by atoms with E-state index in [4.69, 9.17) is 27.9 Å². The Balaban J connectivity index is 2.41. The van der Waals surface area contributed by atoms with Crippen molar-refractivity contribution in [2.24, 2.45) is 0 Å². The molecule has 3 nitrogen and oxygen atoms in total. The van der Waals surface area contributed by atoms with Crippen LogP contribution in [0.3, 0.4) is 0 Å². The van der Waals surface area contributed by atoms with Gasteiger partial charge in [-0.3, -0.25) is 0 Å². The molecule has 106 valence electrons. The Morgan fingerprint density at radius 3 is 2.40 bits per heavy atom. The van der Waals surface area contributed by atoms with Crippen LogP contribution < -0.4 is 0 Å². The highest BCUT2D eigenvalue weighted by Crippen LogP contribution is 2.32. The number of hydrogen-bond donors (Lipinski definition) is 0. The summed E-state index contributed by atoms with van der Waals surface area (Å²) in [6.07, 6.45) is 0.594. The minimum Gasteiger partial charge on any atom is -0.381 e. The minimum atomic E-state index is 0.0203. The fourth-order valence-corrected chi connectivity index (χ4v) is 2.56. The second-order valence-electron chi connectivity index (χ2n) is 4.72. The summed E-state index contributed by atoms with van der Waals surface area (Å²) in [5.41, 5.74) is 2.73. The first-order valence-corrected chi connectivity index (χ1v) is 7.08. The number of methoxy groups -OCH3 is 1. The maximum absolute atomic E-state index is 6.27. The Morgan fingerprint density at radius 2 is 1.85 bits per heavy atom. The van der Waals surface area contributed by atoms with Gasteiger partial charge >= 0.3 is 0 Å². The Hall–Kier alpha value is -1.16. The summed E-state index contributed by atoms with van der Waals surface area (Å²) in [6.45, 7) is 3.96. The van der Waals surface area contributed by atoms with Crippen molar-refractivity contribution < 1.29 is 4.74 Å². The van der Waals surface area contributed by atoms with Gasteiger partial charge in [0.15, 0.2) is 0 Å². The molecule has 1 aromatic heterocycles. The van der Waals surface area contributed by atoms with Crippen LogP contribution in [0.2, 0.25) is 10.3 Å². The number of benzene rings is 1. The predicted molar refractivity (Wildman–Crippen MR) is 82.4 cm³/mol. The highest BCUT2D eigenvalue weighted by Gasteiger charge is 2.15. The summed E-state index contributed by atoms with van der Waals surface area (Å²) in [5.74, 6) is 0.589. The summed E-state index contributed by atoms with van der Waals surface area (Å²) in [5, 5.41) is 0.739. The van der Waals surface area contributed by atoms with Gasteiger partial charge in [0.05, 0.1) is 11.7 Å². The number of halogens is 2. The SMILES string of the molecule is COC(C)Cc1nc(Cl)c(-c2cccc(C)c2)c(Cl)n1. The van der Waals surface area contributed by atoms with Crippen LogP contribution in [-0.2, 0) is 11.2 Å². The molecule has 0 amide bonds. The van der Waals surface area contributed by atoms with Crippen molar-refractivity contribution in [3.8, 4) is 11.1 Å². The molecule has 1 heterocycles. The molecule has 1 unspecified atom stereocenters. The number of hydrogen-bond acceptors (Lipinski definition) is 3. The van der Waals surface area contributed by atoms with Gasteiger partial charge in [-0.25, -0.2) is 9.97 Å². The van der Waals surface area contributed by atoms with E-state index in [2.05, 4.69) is 9.97 Å². The molecular formula is C15H16Cl2N2O. The highest BCUT2D eigenvalue weighted by atomic mass is 35.5. The van der Waals surface area contributed by atoms with Gasteiger partial charge in [-0.05, 0) is 19.4 Å². The summed E-state index contributed by atoms with van der Waals surface area (Å²) < 4.78 is 5.20. The molecule has 1 aromatic carbocycles. The van der Waals surface area contributed by atoms with Crippen molar-refractivity contribution >= 4 is 23.2 Å². The monoisotopic (exact) mass is 310 g/mol. The van der Waals surface area contributed by atoms with Crippen LogP contribution in [0.15, 0.2) is 24.3 Å². The third-order valence-corrected chi connectivity index (χ3v) is 3.59. The van der Waals surface area contributed by atoms with Crippen LogP contribution >= 0.6 is 23.2 Å². The fourth-order valence-electron chi connectivity index (χ4n) is 1.92. The smallest absolute Gasteiger partial charge is 0.142 e. The van der Waals surface area contributed by atoms with Gasteiger partial charge in [-0.15, -0.1) is 0 Å². The maximum Gasteiger partial charge on any atom is 0.142 e. The first-order chi connectivity index (χ1) is 9.51. The molecule has 0 spiro atoms. The van der Waals surface area contributed by atoms with E-state index in [1.54, 1.807) is 7.11 Å². The second kappa shape index (κ2) is 6.53. The van der Waals surface area contributed by atoms with E-state index in [-0.39, 0.29) is 6.10 Å². The molecule has 5 heteroatoms. The van der Waals surface area contributed by atoms with E-state index >= 15 is 0 Å². The molecule has 2 aromatic rings. The molecule has 0 N–H and O–H groups in total. The van der Waals surface area contributed by atoms with Gasteiger partial charge in [0, 0.05) is 13.5 Å². The van der Waals surface area contributed by atoms with Crippen LogP contribution in [0.1, 0.15) is 18.3 Å². The van der Waals surface area contributed by atoms with Crippen LogP contribution in [0, 0.1) is 6.92 Å². The number of rotatable bonds is 4. The van der Waals surface area contributed by atoms with E-state index in [1.165, 1.54) is 0 Å². The summed E-state index contributed by atoms with van der Waals surface area (Å²) in [6, 6.07) is 7.92. The zero-order valence-electron chi connectivity index (χ0n) is 11.7. The Kier molecular flexibility index (Phi) is 4.97. The van der Waals surface area contributed by atoms with Crippen molar-refractivity contribution in [3.05, 3.63) is 46.0 Å². The Bertz CT molecular complexity index is 594. The topological polar surface area (TPSA) is 35.0 Å². The molecule has 0 fully saturated rings. The minimum absolute atomic E-state index is 0.0203. The van der Waals surface area contributed by atoms with Crippen molar-refractivity contribution in [2.45, 2.75) is 26.4 Å². The molecule has 0 aliphatic rings. The molecule has 2 rings (SSSR count). The number of nitrogens with zero attached hydrogens (tertiary/aromatic N) is 2. The van der Waals surface area contributed by atoms with Gasteiger partial charge in [-0.1, -0.05) is 53.0 Å². The predicted octanol–water partition coefficient (Wildman–Crippen LogP) is 4.34. The molecule has 0 radical (unpaired) electrons. The third-order valence-electron chi connectivity index (χ3n) is 3.05. The Morgan fingerprint density at radius 1 is 1.20 bits per heavy atom. The van der Waals surface area contributed by atoms with Gasteiger partial charge in [0.2, 0.25) is 0 Å². The second-order valence-corrected chi connectivity index (χ2v) is 5.43. The van der Waals surface area contributed by atoms with Gasteiger partial charge < -0.3 is 4.74 Å². The first kappa shape index (κ1) is 15.2. The van der Waals surface area contributed by atoms with Crippen molar-refractivity contribution in [2.75, 3.05) is 7.11 Å². The van der Waals surface area contributed by atoms with Crippen LogP contribution in [-0.4, -0.2) is 23.2 Å². The van der Waals surface area contributed by atoms with Crippen molar-refractivity contribution in [1.82, 2.24) is 9.97 Å². The van der Waals surface area contributed by atoms with Gasteiger partial charge in [0.25, 0.3) is 0 Å². The molecule has 0 saturated carbocycles. The zero-order chi connectivity index (χ0) is 14.7. The van der Waals surface area contributed by atoms with Crippen molar-refractivity contribution in [1.29, 1.82) is 0 Å². The summed E-state index contributed by atoms with van der Waals surface area (Å²) in [4.78, 5) is 8.64. The van der Waals surface area contributed by atoms with Crippen molar-refractivity contribution in [3.63, 3.8) is 0 Å². The van der Waals surface area contributed by atoms with E-state index in [0.717, 1.165) is 11.1 Å². The van der Waals surface area contributed by atoms with Crippen LogP contribution in [0.5, 0.6) is 0 Å². The van der Waals surface area contributed by atoms with Crippen LogP contribution in [0.4, 0.5) is 0 Å². The number of aromatic nitrogens is 2. The average molecular weight is 311 g/mol. The molecule has 1 atom stereocenters. The number of aryl methyl sites for hydroxylation is 1. The molecule has 0 bridgehead atoms. The summed E-state index contributed by atoms with van der Waals surface area (Å²) >= 11 is 12.5. The van der Waals surface area contributed by atoms with Gasteiger partial charge in [0.1, 0.15) is 16.1 Å². The quantitative estimate of drug-likeness (QED) is 0.788. The molecule has 20 heavy (non-hydrogen) atoms. The molecular weight excluding hydrogens is 295 g/mol. The largest absolute Gasteiger partial charge is 0.381 e. The lowest BCUT2D eigenvalue weighted by Crippen LogP contribution is -2.12. The third kappa shape index (κ3) is 3.48. The van der Waals surface area contributed by atoms with Crippen LogP contribution in [0.25, 0.3) is 11.1 Å². The maximum atomic E-state index is 6.27. The van der Waals surface area contributed by atoms with E-state index in [0.29, 0.717) is 28.1 Å². The molecule has 0 aliphatic carbocycles. The first-order valence-electron chi connectivity index (χ1n) is 6.33.